The van der Waals surface area contributed by atoms with Crippen LogP contribution in [0, 0.1) is 5.92 Å². The minimum atomic E-state index is 0.825. The van der Waals surface area contributed by atoms with E-state index in [0.717, 1.165) is 30.0 Å². The van der Waals surface area contributed by atoms with Crippen LogP contribution in [0.3, 0.4) is 0 Å². The molecule has 0 aliphatic carbocycles. The van der Waals surface area contributed by atoms with Gasteiger partial charge in [0.25, 0.3) is 0 Å². The van der Waals surface area contributed by atoms with Gasteiger partial charge in [0, 0.05) is 0 Å². The van der Waals surface area contributed by atoms with Crippen molar-refractivity contribution in [1.82, 2.24) is 20.7 Å². The van der Waals surface area contributed by atoms with Gasteiger partial charge in [0.05, 0.1) is 0 Å². The van der Waals surface area contributed by atoms with Crippen LogP contribution >= 0.6 is 0 Å². The fourth-order valence-corrected chi connectivity index (χ4v) is 2.43. The molecule has 0 spiro atoms. The van der Waals surface area contributed by atoms with Crippen LogP contribution in [0.2, 0.25) is 0 Å². The Bertz CT molecular complexity index is 471. The zero-order valence-electron chi connectivity index (χ0n) is 9.24. The van der Waals surface area contributed by atoms with Gasteiger partial charge >= 0.3 is 0 Å². The number of hydrogen-bond acceptors (Lipinski definition) is 3. The molecule has 2 heterocycles. The standard InChI is InChI=1S/C12H16N4/c1-2-11-12(15-16-14-11)8-10(1)7-9-3-5-13-6-4-9/h1-2,8-9,13H,3-7H2,(H,14,15,16). The molecule has 1 aromatic carbocycles. The Morgan fingerprint density at radius 2 is 1.94 bits per heavy atom. The highest BCUT2D eigenvalue weighted by Crippen LogP contribution is 2.19. The van der Waals surface area contributed by atoms with Crippen molar-refractivity contribution < 1.29 is 0 Å². The highest BCUT2D eigenvalue weighted by molar-refractivity contribution is 5.74. The van der Waals surface area contributed by atoms with Crippen LogP contribution in [-0.4, -0.2) is 28.5 Å². The number of aromatic amines is 1. The number of nitrogens with one attached hydrogen (secondary N) is 2. The molecule has 4 nitrogen and oxygen atoms in total. The lowest BCUT2D eigenvalue weighted by Gasteiger charge is -2.22. The lowest BCUT2D eigenvalue weighted by molar-refractivity contribution is 0.373. The molecular weight excluding hydrogens is 200 g/mol. The van der Waals surface area contributed by atoms with Crippen molar-refractivity contribution in [1.29, 1.82) is 0 Å². The van der Waals surface area contributed by atoms with Crippen molar-refractivity contribution in [3.05, 3.63) is 23.8 Å². The number of nitrogens with zero attached hydrogens (tertiary/aromatic N) is 2. The van der Waals surface area contributed by atoms with E-state index < -0.39 is 0 Å². The van der Waals surface area contributed by atoms with E-state index in [1.54, 1.807) is 0 Å². The van der Waals surface area contributed by atoms with Crippen molar-refractivity contribution in [3.8, 4) is 0 Å². The average molecular weight is 216 g/mol. The van der Waals surface area contributed by atoms with Gasteiger partial charge < -0.3 is 5.32 Å². The normalized spacial score (nSPS) is 18.0. The number of piperidine rings is 1. The summed E-state index contributed by atoms with van der Waals surface area (Å²) < 4.78 is 0. The van der Waals surface area contributed by atoms with Crippen LogP contribution in [0.4, 0.5) is 0 Å². The molecule has 2 N–H and O–H groups in total. The molecule has 0 bridgehead atoms. The summed E-state index contributed by atoms with van der Waals surface area (Å²) in [5.74, 6) is 0.825. The van der Waals surface area contributed by atoms with E-state index in [1.807, 2.05) is 0 Å². The van der Waals surface area contributed by atoms with Crippen LogP contribution in [-0.2, 0) is 6.42 Å². The van der Waals surface area contributed by atoms with Gasteiger partial charge in [-0.1, -0.05) is 6.07 Å². The summed E-state index contributed by atoms with van der Waals surface area (Å²) in [5, 5.41) is 14.2. The fraction of sp³-hybridized carbons (Fsp3) is 0.500. The lowest BCUT2D eigenvalue weighted by atomic mass is 9.91. The number of rotatable bonds is 2. The molecule has 0 radical (unpaired) electrons. The second-order valence-corrected chi connectivity index (χ2v) is 4.54. The smallest absolute Gasteiger partial charge is 0.113 e. The second-order valence-electron chi connectivity index (χ2n) is 4.54. The molecule has 84 valence electrons. The molecule has 1 aliphatic rings. The topological polar surface area (TPSA) is 53.6 Å². The molecule has 16 heavy (non-hydrogen) atoms. The number of fused-ring (bicyclic) bond motifs is 1. The number of H-pyrrole nitrogens is 1. The summed E-state index contributed by atoms with van der Waals surface area (Å²) in [7, 11) is 0. The summed E-state index contributed by atoms with van der Waals surface area (Å²) in [5.41, 5.74) is 3.31. The van der Waals surface area contributed by atoms with Gasteiger partial charge in [-0.2, -0.15) is 15.4 Å². The van der Waals surface area contributed by atoms with Gasteiger partial charge in [-0.25, -0.2) is 0 Å². The van der Waals surface area contributed by atoms with E-state index in [4.69, 9.17) is 0 Å². The van der Waals surface area contributed by atoms with Crippen LogP contribution in [0.1, 0.15) is 18.4 Å². The van der Waals surface area contributed by atoms with Gasteiger partial charge in [0.1, 0.15) is 11.0 Å². The third-order valence-electron chi connectivity index (χ3n) is 3.36. The van der Waals surface area contributed by atoms with E-state index >= 15 is 0 Å². The van der Waals surface area contributed by atoms with Crippen molar-refractivity contribution in [2.45, 2.75) is 19.3 Å². The lowest BCUT2D eigenvalue weighted by Crippen LogP contribution is -2.28. The van der Waals surface area contributed by atoms with Gasteiger partial charge in [-0.3, -0.25) is 0 Å². The molecule has 1 aromatic heterocycles. The van der Waals surface area contributed by atoms with E-state index in [9.17, 15) is 0 Å². The molecule has 0 unspecified atom stereocenters. The third kappa shape index (κ3) is 1.93. The largest absolute Gasteiger partial charge is 0.317 e. The molecule has 2 aromatic rings. The molecule has 0 amide bonds. The van der Waals surface area contributed by atoms with Gasteiger partial charge in [0.15, 0.2) is 0 Å². The predicted molar refractivity (Wildman–Crippen MR) is 63.2 cm³/mol. The van der Waals surface area contributed by atoms with Gasteiger partial charge in [-0.15, -0.1) is 0 Å². The van der Waals surface area contributed by atoms with Crippen molar-refractivity contribution in [2.24, 2.45) is 5.92 Å². The van der Waals surface area contributed by atoms with E-state index in [2.05, 4.69) is 38.9 Å². The first kappa shape index (κ1) is 9.78. The van der Waals surface area contributed by atoms with Gasteiger partial charge in [-0.05, 0) is 56.0 Å². The maximum absolute atomic E-state index is 4.12. The monoisotopic (exact) mass is 216 g/mol. The Hall–Kier alpha value is -1.42. The molecule has 0 atom stereocenters. The molecule has 1 aliphatic heterocycles. The highest BCUT2D eigenvalue weighted by Gasteiger charge is 2.13. The first-order valence-corrected chi connectivity index (χ1v) is 5.92. The minimum absolute atomic E-state index is 0.825. The molecule has 3 rings (SSSR count). The van der Waals surface area contributed by atoms with Crippen LogP contribution < -0.4 is 5.32 Å². The van der Waals surface area contributed by atoms with Crippen LogP contribution in [0.5, 0.6) is 0 Å². The Kier molecular flexibility index (Phi) is 2.58. The number of hydrogen-bond donors (Lipinski definition) is 2. The molecule has 4 heteroatoms. The average Bonchev–Trinajstić information content (AvgIpc) is 2.77. The maximum Gasteiger partial charge on any atom is 0.113 e. The summed E-state index contributed by atoms with van der Waals surface area (Å²) >= 11 is 0. The Balaban J connectivity index is 1.77. The SMILES string of the molecule is c1cc2n[nH]nc2cc1CC1CCNCC1. The Morgan fingerprint density at radius 1 is 1.12 bits per heavy atom. The third-order valence-corrected chi connectivity index (χ3v) is 3.36. The number of aromatic nitrogens is 3. The first-order valence-electron chi connectivity index (χ1n) is 5.92. The molecular formula is C12H16N4. The van der Waals surface area contributed by atoms with E-state index in [0.29, 0.717) is 0 Å². The summed E-state index contributed by atoms with van der Waals surface area (Å²) in [6.07, 6.45) is 3.75. The zero-order chi connectivity index (χ0) is 10.8. The molecule has 1 fully saturated rings. The number of benzene rings is 1. The Labute approximate surface area is 94.4 Å². The van der Waals surface area contributed by atoms with Crippen LogP contribution in [0.25, 0.3) is 11.0 Å². The zero-order valence-corrected chi connectivity index (χ0v) is 9.24. The predicted octanol–water partition coefficient (Wildman–Crippen LogP) is 1.50. The highest BCUT2D eigenvalue weighted by atomic mass is 15.3. The Morgan fingerprint density at radius 3 is 2.81 bits per heavy atom. The summed E-state index contributed by atoms with van der Waals surface area (Å²) in [6.45, 7) is 2.33. The molecule has 0 saturated carbocycles. The first-order chi connectivity index (χ1) is 7.92. The summed E-state index contributed by atoms with van der Waals surface area (Å²) in [6, 6.07) is 6.38. The van der Waals surface area contributed by atoms with Crippen molar-refractivity contribution in [2.75, 3.05) is 13.1 Å². The van der Waals surface area contributed by atoms with Crippen molar-refractivity contribution in [3.63, 3.8) is 0 Å². The second kappa shape index (κ2) is 4.22. The summed E-state index contributed by atoms with van der Waals surface area (Å²) in [4.78, 5) is 0. The maximum atomic E-state index is 4.12. The molecule has 1 saturated heterocycles. The van der Waals surface area contributed by atoms with Crippen LogP contribution in [0.15, 0.2) is 18.2 Å². The van der Waals surface area contributed by atoms with Crippen molar-refractivity contribution >= 4 is 11.0 Å². The fourth-order valence-electron chi connectivity index (χ4n) is 2.43. The minimum Gasteiger partial charge on any atom is -0.317 e. The van der Waals surface area contributed by atoms with Gasteiger partial charge in [0.2, 0.25) is 0 Å². The van der Waals surface area contributed by atoms with E-state index in [-0.39, 0.29) is 0 Å². The quantitative estimate of drug-likeness (QED) is 0.800. The van der Waals surface area contributed by atoms with E-state index in [1.165, 1.54) is 24.8 Å².